The SMILES string of the molecule is COc1ccc(NC(=O)c2ccccc2NS(=O)(=O)c2ccccc2C)c(OC)c1. The number of sulfonamides is 1. The van der Waals surface area contributed by atoms with Crippen molar-refractivity contribution in [2.75, 3.05) is 24.3 Å². The normalized spacial score (nSPS) is 10.9. The van der Waals surface area contributed by atoms with Crippen molar-refractivity contribution in [1.82, 2.24) is 0 Å². The molecule has 3 aromatic rings. The Bertz CT molecular complexity index is 1180. The lowest BCUT2D eigenvalue weighted by molar-refractivity contribution is 0.102. The third-order valence-electron chi connectivity index (χ3n) is 4.46. The smallest absolute Gasteiger partial charge is 0.262 e. The van der Waals surface area contributed by atoms with E-state index in [1.807, 2.05) is 0 Å². The standard InChI is InChI=1S/C22H22N2O5S/c1-15-8-4-7-11-21(15)30(26,27)24-18-10-6-5-9-17(18)22(25)23-19-13-12-16(28-2)14-20(19)29-3/h4-14,24H,1-3H3,(H,23,25). The molecule has 0 fully saturated rings. The van der Waals surface area contributed by atoms with Gasteiger partial charge < -0.3 is 14.8 Å². The molecule has 30 heavy (non-hydrogen) atoms. The zero-order chi connectivity index (χ0) is 21.7. The first-order valence-electron chi connectivity index (χ1n) is 9.06. The van der Waals surface area contributed by atoms with Gasteiger partial charge in [-0.1, -0.05) is 30.3 Å². The number of amides is 1. The molecule has 0 spiro atoms. The fourth-order valence-corrected chi connectivity index (χ4v) is 4.25. The third-order valence-corrected chi connectivity index (χ3v) is 5.98. The highest BCUT2D eigenvalue weighted by atomic mass is 32.2. The van der Waals surface area contributed by atoms with Crippen molar-refractivity contribution < 1.29 is 22.7 Å². The van der Waals surface area contributed by atoms with Crippen LogP contribution in [0.25, 0.3) is 0 Å². The summed E-state index contributed by atoms with van der Waals surface area (Å²) in [6.45, 7) is 1.71. The summed E-state index contributed by atoms with van der Waals surface area (Å²) in [5, 5.41) is 2.75. The van der Waals surface area contributed by atoms with Gasteiger partial charge in [-0.05, 0) is 42.8 Å². The number of methoxy groups -OCH3 is 2. The number of carbonyl (C=O) groups is 1. The fraction of sp³-hybridized carbons (Fsp3) is 0.136. The minimum atomic E-state index is -3.87. The number of aryl methyl sites for hydroxylation is 1. The van der Waals surface area contributed by atoms with E-state index in [0.717, 1.165) is 0 Å². The van der Waals surface area contributed by atoms with Crippen molar-refractivity contribution in [3.05, 3.63) is 77.9 Å². The van der Waals surface area contributed by atoms with E-state index in [-0.39, 0.29) is 16.1 Å². The van der Waals surface area contributed by atoms with Crippen LogP contribution in [-0.4, -0.2) is 28.5 Å². The van der Waals surface area contributed by atoms with Crippen LogP contribution in [0.3, 0.4) is 0 Å². The van der Waals surface area contributed by atoms with Crippen molar-refractivity contribution in [2.24, 2.45) is 0 Å². The Morgan fingerprint density at radius 2 is 1.57 bits per heavy atom. The zero-order valence-electron chi connectivity index (χ0n) is 16.8. The number of para-hydroxylation sites is 1. The minimum Gasteiger partial charge on any atom is -0.497 e. The molecular formula is C22H22N2O5S. The number of hydrogen-bond donors (Lipinski definition) is 2. The van der Waals surface area contributed by atoms with Gasteiger partial charge in [-0.3, -0.25) is 9.52 Å². The fourth-order valence-electron chi connectivity index (χ4n) is 2.92. The van der Waals surface area contributed by atoms with E-state index in [9.17, 15) is 13.2 Å². The van der Waals surface area contributed by atoms with Gasteiger partial charge in [-0.25, -0.2) is 8.42 Å². The lowest BCUT2D eigenvalue weighted by Gasteiger charge is -2.15. The van der Waals surface area contributed by atoms with Crippen LogP contribution in [0.1, 0.15) is 15.9 Å². The summed E-state index contributed by atoms with van der Waals surface area (Å²) in [6, 6.07) is 18.0. The molecule has 0 aromatic heterocycles. The highest BCUT2D eigenvalue weighted by Crippen LogP contribution is 2.30. The van der Waals surface area contributed by atoms with E-state index in [0.29, 0.717) is 22.7 Å². The third kappa shape index (κ3) is 4.55. The van der Waals surface area contributed by atoms with Gasteiger partial charge in [0.1, 0.15) is 11.5 Å². The second kappa shape index (κ2) is 8.87. The molecular weight excluding hydrogens is 404 g/mol. The largest absolute Gasteiger partial charge is 0.497 e. The molecule has 0 aliphatic heterocycles. The number of nitrogens with one attached hydrogen (secondary N) is 2. The van der Waals surface area contributed by atoms with Crippen LogP contribution < -0.4 is 19.5 Å². The first kappa shape index (κ1) is 21.2. The quantitative estimate of drug-likeness (QED) is 0.594. The van der Waals surface area contributed by atoms with E-state index in [1.54, 1.807) is 61.5 Å². The molecule has 3 rings (SSSR count). The summed E-state index contributed by atoms with van der Waals surface area (Å²) >= 11 is 0. The van der Waals surface area contributed by atoms with Gasteiger partial charge >= 0.3 is 0 Å². The molecule has 0 aliphatic carbocycles. The number of rotatable bonds is 7. The Morgan fingerprint density at radius 1 is 0.867 bits per heavy atom. The molecule has 0 unspecified atom stereocenters. The first-order valence-corrected chi connectivity index (χ1v) is 10.5. The Morgan fingerprint density at radius 3 is 2.27 bits per heavy atom. The van der Waals surface area contributed by atoms with Gasteiger partial charge in [0.15, 0.2) is 0 Å². The highest BCUT2D eigenvalue weighted by molar-refractivity contribution is 7.92. The summed E-state index contributed by atoms with van der Waals surface area (Å²) in [7, 11) is -0.854. The number of hydrogen-bond acceptors (Lipinski definition) is 5. The molecule has 0 radical (unpaired) electrons. The molecule has 0 heterocycles. The molecule has 0 bridgehead atoms. The van der Waals surface area contributed by atoms with E-state index in [2.05, 4.69) is 10.0 Å². The van der Waals surface area contributed by atoms with E-state index >= 15 is 0 Å². The summed E-state index contributed by atoms with van der Waals surface area (Å²) in [6.07, 6.45) is 0. The zero-order valence-corrected chi connectivity index (χ0v) is 17.6. The predicted octanol–water partition coefficient (Wildman–Crippen LogP) is 4.07. The van der Waals surface area contributed by atoms with Crippen molar-refractivity contribution in [2.45, 2.75) is 11.8 Å². The van der Waals surface area contributed by atoms with Crippen LogP contribution in [0.15, 0.2) is 71.6 Å². The van der Waals surface area contributed by atoms with Gasteiger partial charge in [0, 0.05) is 6.07 Å². The van der Waals surface area contributed by atoms with Crippen molar-refractivity contribution in [1.29, 1.82) is 0 Å². The molecule has 7 nitrogen and oxygen atoms in total. The second-order valence-corrected chi connectivity index (χ2v) is 8.09. The summed E-state index contributed by atoms with van der Waals surface area (Å²) in [5.41, 5.74) is 1.38. The lowest BCUT2D eigenvalue weighted by Crippen LogP contribution is -2.19. The molecule has 8 heteroatoms. The molecule has 1 amide bonds. The van der Waals surface area contributed by atoms with E-state index in [1.165, 1.54) is 26.4 Å². The summed E-state index contributed by atoms with van der Waals surface area (Å²) < 4.78 is 38.7. The molecule has 156 valence electrons. The van der Waals surface area contributed by atoms with Crippen molar-refractivity contribution in [3.8, 4) is 11.5 Å². The average Bonchev–Trinajstić information content (AvgIpc) is 2.74. The van der Waals surface area contributed by atoms with Crippen LogP contribution in [0, 0.1) is 6.92 Å². The molecule has 2 N–H and O–H groups in total. The maximum atomic E-state index is 12.9. The molecule has 3 aromatic carbocycles. The van der Waals surface area contributed by atoms with Gasteiger partial charge in [-0.15, -0.1) is 0 Å². The monoisotopic (exact) mass is 426 g/mol. The van der Waals surface area contributed by atoms with E-state index < -0.39 is 15.9 Å². The minimum absolute atomic E-state index is 0.150. The number of anilines is 2. The molecule has 0 aliphatic rings. The lowest BCUT2D eigenvalue weighted by atomic mass is 10.1. The van der Waals surface area contributed by atoms with Crippen LogP contribution >= 0.6 is 0 Å². The number of carbonyl (C=O) groups excluding carboxylic acids is 1. The topological polar surface area (TPSA) is 93.7 Å². The van der Waals surface area contributed by atoms with Gasteiger partial charge in [0.25, 0.3) is 15.9 Å². The Hall–Kier alpha value is -3.52. The Labute approximate surface area is 175 Å². The number of ether oxygens (including phenoxy) is 2. The van der Waals surface area contributed by atoms with Crippen LogP contribution in [0.5, 0.6) is 11.5 Å². The van der Waals surface area contributed by atoms with Crippen molar-refractivity contribution >= 4 is 27.3 Å². The molecule has 0 saturated heterocycles. The number of benzene rings is 3. The van der Waals surface area contributed by atoms with Crippen LogP contribution in [0.2, 0.25) is 0 Å². The van der Waals surface area contributed by atoms with Crippen LogP contribution in [0.4, 0.5) is 11.4 Å². The predicted molar refractivity (Wildman–Crippen MR) is 116 cm³/mol. The molecule has 0 atom stereocenters. The Balaban J connectivity index is 1.90. The summed E-state index contributed by atoms with van der Waals surface area (Å²) in [5.74, 6) is 0.512. The maximum absolute atomic E-state index is 12.9. The highest BCUT2D eigenvalue weighted by Gasteiger charge is 2.20. The van der Waals surface area contributed by atoms with Gasteiger partial charge in [0.2, 0.25) is 0 Å². The Kier molecular flexibility index (Phi) is 6.27. The van der Waals surface area contributed by atoms with Crippen LogP contribution in [-0.2, 0) is 10.0 Å². The second-order valence-electron chi connectivity index (χ2n) is 6.44. The van der Waals surface area contributed by atoms with Gasteiger partial charge in [0.05, 0.1) is 36.1 Å². The van der Waals surface area contributed by atoms with E-state index in [4.69, 9.17) is 9.47 Å². The summed E-state index contributed by atoms with van der Waals surface area (Å²) in [4.78, 5) is 13.1. The average molecular weight is 426 g/mol. The first-order chi connectivity index (χ1) is 14.4. The maximum Gasteiger partial charge on any atom is 0.262 e. The van der Waals surface area contributed by atoms with Crippen molar-refractivity contribution in [3.63, 3.8) is 0 Å². The molecule has 0 saturated carbocycles. The van der Waals surface area contributed by atoms with Gasteiger partial charge in [-0.2, -0.15) is 0 Å².